The summed E-state index contributed by atoms with van der Waals surface area (Å²) in [5.74, 6) is 0.802. The highest BCUT2D eigenvalue weighted by Gasteiger charge is 2.19. The van der Waals surface area contributed by atoms with Crippen LogP contribution in [0.4, 0.5) is 0 Å². The van der Waals surface area contributed by atoms with Gasteiger partial charge in [-0.2, -0.15) is 5.10 Å². The molecule has 5 nitrogen and oxygen atoms in total. The molecule has 1 unspecified atom stereocenters. The number of hydrogen-bond donors (Lipinski definition) is 2. The molecule has 0 saturated heterocycles. The predicted molar refractivity (Wildman–Crippen MR) is 70.1 cm³/mol. The number of fused-ring (bicyclic) bond motifs is 1. The molecule has 0 bridgehead atoms. The molecule has 0 spiro atoms. The van der Waals surface area contributed by atoms with Crippen LogP contribution in [0.2, 0.25) is 0 Å². The van der Waals surface area contributed by atoms with E-state index >= 15 is 0 Å². The Morgan fingerprint density at radius 2 is 2.32 bits per heavy atom. The molecule has 98 valence electrons. The normalized spacial score (nSPS) is 18.0. The average Bonchev–Trinajstić information content (AvgIpc) is 2.90. The number of aromatic amines is 1. The van der Waals surface area contributed by atoms with Gasteiger partial charge in [0, 0.05) is 6.20 Å². The first-order chi connectivity index (χ1) is 9.33. The number of carbonyl (C=O) groups excluding carboxylic acids is 1. The standard InChI is InChI=1S/C14H15N3O2/c18-14(11-7-15-16-8-11)17-12-6-5-10-3-1-2-4-13(10)19-9-12/h1-4,7-8,12H,5-6,9H2,(H,15,16)(H,17,18). The first-order valence-corrected chi connectivity index (χ1v) is 6.33. The molecule has 2 heterocycles. The Morgan fingerprint density at radius 1 is 1.42 bits per heavy atom. The molecule has 1 aliphatic heterocycles. The van der Waals surface area contributed by atoms with Crippen LogP contribution >= 0.6 is 0 Å². The third-order valence-corrected chi connectivity index (χ3v) is 3.27. The Kier molecular flexibility index (Phi) is 3.18. The number of nitrogens with one attached hydrogen (secondary N) is 2. The van der Waals surface area contributed by atoms with Gasteiger partial charge in [-0.3, -0.25) is 9.89 Å². The topological polar surface area (TPSA) is 67.0 Å². The third-order valence-electron chi connectivity index (χ3n) is 3.27. The van der Waals surface area contributed by atoms with Gasteiger partial charge < -0.3 is 10.1 Å². The minimum absolute atomic E-state index is 0.0230. The Balaban J connectivity index is 1.64. The van der Waals surface area contributed by atoms with Crippen molar-refractivity contribution < 1.29 is 9.53 Å². The number of nitrogens with zero attached hydrogens (tertiary/aromatic N) is 1. The van der Waals surface area contributed by atoms with Gasteiger partial charge in [0.25, 0.3) is 5.91 Å². The molecule has 5 heteroatoms. The first kappa shape index (κ1) is 11.8. The summed E-state index contributed by atoms with van der Waals surface area (Å²) in [5, 5.41) is 9.37. The van der Waals surface area contributed by atoms with Crippen LogP contribution in [0.15, 0.2) is 36.7 Å². The van der Waals surface area contributed by atoms with Gasteiger partial charge >= 0.3 is 0 Å². The maximum absolute atomic E-state index is 11.9. The summed E-state index contributed by atoms with van der Waals surface area (Å²) >= 11 is 0. The number of carbonyl (C=O) groups is 1. The molecule has 1 atom stereocenters. The summed E-state index contributed by atoms with van der Waals surface area (Å²) in [4.78, 5) is 11.9. The maximum atomic E-state index is 11.9. The number of ether oxygens (including phenoxy) is 1. The summed E-state index contributed by atoms with van der Waals surface area (Å²) in [6, 6.07) is 8.02. The summed E-state index contributed by atoms with van der Waals surface area (Å²) in [7, 11) is 0. The van der Waals surface area contributed by atoms with Gasteiger partial charge in [0.2, 0.25) is 0 Å². The lowest BCUT2D eigenvalue weighted by Gasteiger charge is -2.15. The number of H-pyrrole nitrogens is 1. The Hall–Kier alpha value is -2.30. The zero-order valence-electron chi connectivity index (χ0n) is 10.4. The average molecular weight is 257 g/mol. The quantitative estimate of drug-likeness (QED) is 0.857. The van der Waals surface area contributed by atoms with E-state index < -0.39 is 0 Å². The second kappa shape index (κ2) is 5.14. The van der Waals surface area contributed by atoms with E-state index in [0.29, 0.717) is 12.2 Å². The van der Waals surface area contributed by atoms with Crippen LogP contribution in [0.1, 0.15) is 22.3 Å². The van der Waals surface area contributed by atoms with Gasteiger partial charge in [-0.1, -0.05) is 18.2 Å². The smallest absolute Gasteiger partial charge is 0.254 e. The van der Waals surface area contributed by atoms with E-state index in [1.54, 1.807) is 6.20 Å². The van der Waals surface area contributed by atoms with Gasteiger partial charge in [0.15, 0.2) is 0 Å². The van der Waals surface area contributed by atoms with Crippen molar-refractivity contribution in [2.45, 2.75) is 18.9 Å². The van der Waals surface area contributed by atoms with E-state index in [0.717, 1.165) is 18.6 Å². The summed E-state index contributed by atoms with van der Waals surface area (Å²) in [6.45, 7) is 0.501. The van der Waals surface area contributed by atoms with Crippen molar-refractivity contribution >= 4 is 5.91 Å². The van der Waals surface area contributed by atoms with Crippen LogP contribution in [0, 0.1) is 0 Å². The van der Waals surface area contributed by atoms with Crippen molar-refractivity contribution in [3.63, 3.8) is 0 Å². The minimum atomic E-state index is -0.117. The van der Waals surface area contributed by atoms with Gasteiger partial charge in [-0.05, 0) is 24.5 Å². The number of amides is 1. The molecule has 2 N–H and O–H groups in total. The SMILES string of the molecule is O=C(NC1CCc2ccccc2OC1)c1cn[nH]c1. The zero-order valence-corrected chi connectivity index (χ0v) is 10.4. The van der Waals surface area contributed by atoms with E-state index in [4.69, 9.17) is 4.74 Å². The number of rotatable bonds is 2. The number of para-hydroxylation sites is 1. The summed E-state index contributed by atoms with van der Waals surface area (Å²) < 4.78 is 5.74. The fourth-order valence-electron chi connectivity index (χ4n) is 2.21. The number of aromatic nitrogens is 2. The highest BCUT2D eigenvalue weighted by molar-refractivity contribution is 5.93. The summed E-state index contributed by atoms with van der Waals surface area (Å²) in [6.07, 6.45) is 4.89. The number of hydrogen-bond acceptors (Lipinski definition) is 3. The van der Waals surface area contributed by atoms with Crippen LogP contribution in [-0.4, -0.2) is 28.8 Å². The lowest BCUT2D eigenvalue weighted by molar-refractivity contribution is 0.0921. The largest absolute Gasteiger partial charge is 0.491 e. The molecular weight excluding hydrogens is 242 g/mol. The zero-order chi connectivity index (χ0) is 13.1. The predicted octanol–water partition coefficient (Wildman–Crippen LogP) is 1.53. The minimum Gasteiger partial charge on any atom is -0.491 e. The lowest BCUT2D eigenvalue weighted by Crippen LogP contribution is -2.38. The van der Waals surface area contributed by atoms with Gasteiger partial charge in [0.05, 0.1) is 17.8 Å². The molecule has 19 heavy (non-hydrogen) atoms. The molecule has 3 rings (SSSR count). The molecule has 0 fully saturated rings. The molecule has 0 radical (unpaired) electrons. The van der Waals surface area contributed by atoms with Crippen LogP contribution in [0.5, 0.6) is 5.75 Å². The van der Waals surface area contributed by atoms with Crippen molar-refractivity contribution in [3.05, 3.63) is 47.8 Å². The Bertz CT molecular complexity index is 539. The van der Waals surface area contributed by atoms with Crippen LogP contribution in [-0.2, 0) is 6.42 Å². The fraction of sp³-hybridized carbons (Fsp3) is 0.286. The van der Waals surface area contributed by atoms with Crippen LogP contribution in [0.25, 0.3) is 0 Å². The Morgan fingerprint density at radius 3 is 3.16 bits per heavy atom. The molecule has 2 aromatic rings. The second-order valence-corrected chi connectivity index (χ2v) is 4.61. The molecule has 1 aromatic carbocycles. The lowest BCUT2D eigenvalue weighted by atomic mass is 10.1. The van der Waals surface area contributed by atoms with E-state index in [9.17, 15) is 4.79 Å². The molecule has 1 aliphatic rings. The van der Waals surface area contributed by atoms with Crippen molar-refractivity contribution in [2.24, 2.45) is 0 Å². The van der Waals surface area contributed by atoms with Crippen molar-refractivity contribution in [1.29, 1.82) is 0 Å². The van der Waals surface area contributed by atoms with Gasteiger partial charge in [-0.25, -0.2) is 0 Å². The first-order valence-electron chi connectivity index (χ1n) is 6.33. The molecule has 0 saturated carbocycles. The molecule has 0 aliphatic carbocycles. The molecule has 1 aromatic heterocycles. The van der Waals surface area contributed by atoms with Crippen LogP contribution < -0.4 is 10.1 Å². The summed E-state index contributed by atoms with van der Waals surface area (Å²) in [5.41, 5.74) is 1.74. The fourth-order valence-corrected chi connectivity index (χ4v) is 2.21. The van der Waals surface area contributed by atoms with Gasteiger partial charge in [0.1, 0.15) is 12.4 Å². The monoisotopic (exact) mass is 257 g/mol. The van der Waals surface area contributed by atoms with Crippen molar-refractivity contribution in [3.8, 4) is 5.75 Å². The number of aryl methyl sites for hydroxylation is 1. The maximum Gasteiger partial charge on any atom is 0.254 e. The molecule has 1 amide bonds. The second-order valence-electron chi connectivity index (χ2n) is 4.61. The van der Waals surface area contributed by atoms with Crippen LogP contribution in [0.3, 0.4) is 0 Å². The van der Waals surface area contributed by atoms with E-state index in [1.165, 1.54) is 11.8 Å². The number of benzene rings is 1. The Labute approximate surface area is 111 Å². The highest BCUT2D eigenvalue weighted by Crippen LogP contribution is 2.23. The van der Waals surface area contributed by atoms with Crippen molar-refractivity contribution in [1.82, 2.24) is 15.5 Å². The third kappa shape index (κ3) is 2.59. The van der Waals surface area contributed by atoms with Gasteiger partial charge in [-0.15, -0.1) is 0 Å². The van der Waals surface area contributed by atoms with E-state index in [1.807, 2.05) is 18.2 Å². The van der Waals surface area contributed by atoms with Crippen molar-refractivity contribution in [2.75, 3.05) is 6.61 Å². The van der Waals surface area contributed by atoms with E-state index in [2.05, 4.69) is 21.6 Å². The highest BCUT2D eigenvalue weighted by atomic mass is 16.5. The molecular formula is C14H15N3O2. The van der Waals surface area contributed by atoms with E-state index in [-0.39, 0.29) is 11.9 Å².